The van der Waals surface area contributed by atoms with Crippen molar-refractivity contribution < 1.29 is 14.7 Å². The molecule has 6 heteroatoms. The number of fused-ring (bicyclic) bond motifs is 1. The molecule has 6 nitrogen and oxygen atoms in total. The summed E-state index contributed by atoms with van der Waals surface area (Å²) in [5.41, 5.74) is 1.50. The van der Waals surface area contributed by atoms with Crippen LogP contribution in [0.3, 0.4) is 0 Å². The number of carbonyl (C=O) groups excluding carboxylic acids is 1. The molecule has 1 aliphatic heterocycles. The molecule has 0 aromatic carbocycles. The molecule has 0 saturated carbocycles. The van der Waals surface area contributed by atoms with Gasteiger partial charge in [-0.2, -0.15) is 0 Å². The van der Waals surface area contributed by atoms with Crippen LogP contribution in [0.4, 0.5) is 0 Å². The number of H-pyrrole nitrogens is 1. The van der Waals surface area contributed by atoms with Gasteiger partial charge in [0.1, 0.15) is 6.04 Å². The van der Waals surface area contributed by atoms with Gasteiger partial charge in [0.2, 0.25) is 5.91 Å². The Morgan fingerprint density at radius 1 is 1.67 bits per heavy atom. The third kappa shape index (κ3) is 2.20. The van der Waals surface area contributed by atoms with E-state index in [1.54, 1.807) is 0 Å². The molecule has 1 aliphatic rings. The van der Waals surface area contributed by atoms with Crippen molar-refractivity contribution in [2.45, 2.75) is 31.8 Å². The summed E-state index contributed by atoms with van der Waals surface area (Å²) in [4.78, 5) is 31.5. The number of aliphatic carboxylic acids is 1. The molecule has 0 bridgehead atoms. The van der Waals surface area contributed by atoms with Crippen molar-refractivity contribution in [3.05, 3.63) is 17.7 Å². The first-order chi connectivity index (χ1) is 8.63. The Kier molecular flexibility index (Phi) is 3.33. The highest BCUT2D eigenvalue weighted by molar-refractivity contribution is 5.84. The monoisotopic (exact) mass is 247 g/mol. The Hall–Kier alpha value is -2.29. The van der Waals surface area contributed by atoms with Gasteiger partial charge in [0, 0.05) is 19.3 Å². The fourth-order valence-electron chi connectivity index (χ4n) is 2.04. The van der Waals surface area contributed by atoms with Crippen molar-refractivity contribution in [1.29, 1.82) is 0 Å². The summed E-state index contributed by atoms with van der Waals surface area (Å²) in [6.07, 6.45) is 7.34. The minimum Gasteiger partial charge on any atom is -0.480 e. The summed E-state index contributed by atoms with van der Waals surface area (Å²) in [5.74, 6) is 1.13. The predicted molar refractivity (Wildman–Crippen MR) is 62.3 cm³/mol. The minimum atomic E-state index is -1.02. The van der Waals surface area contributed by atoms with Crippen LogP contribution in [0, 0.1) is 12.3 Å². The number of nitrogens with zero attached hydrogens (tertiary/aromatic N) is 2. The maximum Gasteiger partial charge on any atom is 0.326 e. The van der Waals surface area contributed by atoms with Crippen LogP contribution in [0.1, 0.15) is 24.2 Å². The molecule has 1 amide bonds. The highest BCUT2D eigenvalue weighted by atomic mass is 16.4. The first kappa shape index (κ1) is 12.2. The van der Waals surface area contributed by atoms with Gasteiger partial charge in [0.05, 0.1) is 24.3 Å². The maximum absolute atomic E-state index is 11.9. The largest absolute Gasteiger partial charge is 0.480 e. The van der Waals surface area contributed by atoms with Crippen molar-refractivity contribution in [3.63, 3.8) is 0 Å². The van der Waals surface area contributed by atoms with Crippen molar-refractivity contribution in [2.75, 3.05) is 0 Å². The summed E-state index contributed by atoms with van der Waals surface area (Å²) >= 11 is 0. The Labute approximate surface area is 104 Å². The molecule has 1 unspecified atom stereocenters. The van der Waals surface area contributed by atoms with Crippen LogP contribution >= 0.6 is 0 Å². The number of imidazole rings is 1. The lowest BCUT2D eigenvalue weighted by Gasteiger charge is -2.32. The minimum absolute atomic E-state index is 0.170. The molecule has 1 aromatic heterocycles. The molecule has 0 saturated heterocycles. The molecular formula is C12H13N3O3. The smallest absolute Gasteiger partial charge is 0.326 e. The Bertz CT molecular complexity index is 515. The molecule has 1 aromatic rings. The van der Waals surface area contributed by atoms with Gasteiger partial charge in [-0.05, 0) is 0 Å². The van der Waals surface area contributed by atoms with Gasteiger partial charge in [-0.1, -0.05) is 0 Å². The van der Waals surface area contributed by atoms with Gasteiger partial charge in [-0.15, -0.1) is 12.3 Å². The third-order valence-electron chi connectivity index (χ3n) is 2.99. The van der Waals surface area contributed by atoms with E-state index in [0.717, 1.165) is 5.69 Å². The summed E-state index contributed by atoms with van der Waals surface area (Å²) < 4.78 is 0. The number of aromatic nitrogens is 2. The quantitative estimate of drug-likeness (QED) is 0.745. The lowest BCUT2D eigenvalue weighted by atomic mass is 10.0. The zero-order valence-corrected chi connectivity index (χ0v) is 9.72. The van der Waals surface area contributed by atoms with E-state index in [1.807, 2.05) is 0 Å². The standard InChI is InChI=1S/C12H13N3O3/c1-2-3-4-11(16)15-6-9-8(13-7-14-9)5-10(15)12(17)18/h1,7,10H,3-6H2,(H,13,14)(H,17,18). The van der Waals surface area contributed by atoms with Crippen LogP contribution < -0.4 is 0 Å². The van der Waals surface area contributed by atoms with Crippen LogP contribution in [0.5, 0.6) is 0 Å². The lowest BCUT2D eigenvalue weighted by Crippen LogP contribution is -2.48. The van der Waals surface area contributed by atoms with Crippen molar-refractivity contribution in [2.24, 2.45) is 0 Å². The zero-order chi connectivity index (χ0) is 13.1. The first-order valence-electron chi connectivity index (χ1n) is 5.60. The van der Waals surface area contributed by atoms with Crippen molar-refractivity contribution in [3.8, 4) is 12.3 Å². The fourth-order valence-corrected chi connectivity index (χ4v) is 2.04. The number of amides is 1. The first-order valence-corrected chi connectivity index (χ1v) is 5.60. The van der Waals surface area contributed by atoms with Crippen molar-refractivity contribution in [1.82, 2.24) is 14.9 Å². The van der Waals surface area contributed by atoms with Crippen LogP contribution in [-0.4, -0.2) is 37.9 Å². The molecule has 2 heterocycles. The molecular weight excluding hydrogens is 234 g/mol. The van der Waals surface area contributed by atoms with Gasteiger partial charge in [-0.3, -0.25) is 4.79 Å². The second-order valence-corrected chi connectivity index (χ2v) is 4.11. The number of hydrogen-bond donors (Lipinski definition) is 2. The van der Waals surface area contributed by atoms with E-state index < -0.39 is 12.0 Å². The number of carboxylic acid groups (broad SMARTS) is 1. The molecule has 0 aliphatic carbocycles. The second-order valence-electron chi connectivity index (χ2n) is 4.11. The van der Waals surface area contributed by atoms with Gasteiger partial charge >= 0.3 is 5.97 Å². The summed E-state index contributed by atoms with van der Waals surface area (Å²) in [6.45, 7) is 0.246. The number of carbonyl (C=O) groups is 2. The Morgan fingerprint density at radius 2 is 2.44 bits per heavy atom. The Balaban J connectivity index is 2.20. The maximum atomic E-state index is 11.9. The molecule has 2 N–H and O–H groups in total. The van der Waals surface area contributed by atoms with Crippen LogP contribution in [0.15, 0.2) is 6.33 Å². The zero-order valence-electron chi connectivity index (χ0n) is 9.72. The number of rotatable bonds is 3. The topological polar surface area (TPSA) is 86.3 Å². The van der Waals surface area contributed by atoms with Gasteiger partial charge in [-0.25, -0.2) is 9.78 Å². The fraction of sp³-hybridized carbons (Fsp3) is 0.417. The molecule has 2 rings (SSSR count). The molecule has 0 fully saturated rings. The molecule has 18 heavy (non-hydrogen) atoms. The second kappa shape index (κ2) is 4.92. The van der Waals surface area contributed by atoms with Crippen LogP contribution in [-0.2, 0) is 22.6 Å². The van der Waals surface area contributed by atoms with E-state index in [0.29, 0.717) is 12.1 Å². The number of hydrogen-bond acceptors (Lipinski definition) is 3. The molecule has 1 atom stereocenters. The molecule has 0 radical (unpaired) electrons. The highest BCUT2D eigenvalue weighted by Gasteiger charge is 2.35. The van der Waals surface area contributed by atoms with E-state index >= 15 is 0 Å². The number of terminal acetylenes is 1. The molecule has 0 spiro atoms. The highest BCUT2D eigenvalue weighted by Crippen LogP contribution is 2.21. The van der Waals surface area contributed by atoms with Gasteiger partial charge in [0.15, 0.2) is 0 Å². The third-order valence-corrected chi connectivity index (χ3v) is 2.99. The average molecular weight is 247 g/mol. The van der Waals surface area contributed by atoms with Gasteiger partial charge < -0.3 is 15.0 Å². The number of aromatic amines is 1. The lowest BCUT2D eigenvalue weighted by molar-refractivity contribution is -0.151. The van der Waals surface area contributed by atoms with E-state index in [9.17, 15) is 14.7 Å². The van der Waals surface area contributed by atoms with E-state index in [4.69, 9.17) is 6.42 Å². The van der Waals surface area contributed by atoms with Gasteiger partial charge in [0.25, 0.3) is 0 Å². The number of carboxylic acids is 1. The van der Waals surface area contributed by atoms with Crippen LogP contribution in [0.25, 0.3) is 0 Å². The van der Waals surface area contributed by atoms with Crippen molar-refractivity contribution >= 4 is 11.9 Å². The normalized spacial score (nSPS) is 17.9. The van der Waals surface area contributed by atoms with Crippen LogP contribution in [0.2, 0.25) is 0 Å². The molecule has 94 valence electrons. The average Bonchev–Trinajstić information content (AvgIpc) is 2.81. The SMILES string of the molecule is C#CCCC(=O)N1Cc2[nH]cnc2CC1C(=O)O. The predicted octanol–water partition coefficient (Wildman–Crippen LogP) is 0.161. The summed E-state index contributed by atoms with van der Waals surface area (Å²) in [6, 6.07) is -0.855. The number of nitrogens with one attached hydrogen (secondary N) is 1. The van der Waals surface area contributed by atoms with E-state index in [-0.39, 0.29) is 25.3 Å². The summed E-state index contributed by atoms with van der Waals surface area (Å²) in [5, 5.41) is 9.17. The Morgan fingerprint density at radius 3 is 3.11 bits per heavy atom. The summed E-state index contributed by atoms with van der Waals surface area (Å²) in [7, 11) is 0. The van der Waals surface area contributed by atoms with E-state index in [1.165, 1.54) is 11.2 Å². The van der Waals surface area contributed by atoms with E-state index in [2.05, 4.69) is 15.9 Å².